The molecule has 0 aliphatic carbocycles. The van der Waals surface area contributed by atoms with E-state index in [0.717, 1.165) is 6.08 Å². The first-order valence-electron chi connectivity index (χ1n) is 2.25. The fourth-order valence-electron chi connectivity index (χ4n) is 0.263. The summed E-state index contributed by atoms with van der Waals surface area (Å²) in [6, 6.07) is 0. The van der Waals surface area contributed by atoms with Crippen molar-refractivity contribution < 1.29 is 9.90 Å². The van der Waals surface area contributed by atoms with E-state index in [0.29, 0.717) is 0 Å². The normalized spacial score (nSPS) is 11.6. The Bertz CT molecular complexity index is 131. The number of allylic oxidation sites excluding steroid dienone is 2. The lowest BCUT2D eigenvalue weighted by Crippen LogP contribution is -1.96. The van der Waals surface area contributed by atoms with Crippen molar-refractivity contribution in [2.75, 3.05) is 11.8 Å². The number of carbonyl (C=O) groups is 1. The van der Waals surface area contributed by atoms with Crippen LogP contribution in [0.1, 0.15) is 0 Å². The van der Waals surface area contributed by atoms with Crippen LogP contribution in [0.3, 0.4) is 0 Å². The zero-order chi connectivity index (χ0) is 7.28. The Morgan fingerprint density at radius 3 is 2.33 bits per heavy atom. The van der Waals surface area contributed by atoms with Crippen molar-refractivity contribution >= 4 is 29.0 Å². The Hall–Kier alpha value is -0.210. The van der Waals surface area contributed by atoms with Gasteiger partial charge in [0.15, 0.2) is 5.78 Å². The highest BCUT2D eigenvalue weighted by atomic mass is 35.5. The van der Waals surface area contributed by atoms with E-state index in [9.17, 15) is 4.79 Å². The molecule has 1 N–H and O–H groups in total. The molecular weight excluding hydrogens is 163 g/mol. The van der Waals surface area contributed by atoms with E-state index >= 15 is 0 Å². The third-order valence-corrected chi connectivity index (χ3v) is 1.13. The minimum Gasteiger partial charge on any atom is -0.511 e. The Kier molecular flexibility index (Phi) is 4.54. The third-order valence-electron chi connectivity index (χ3n) is 0.596. The SMILES string of the molecule is O=C(C=C(O)CCl)CCl. The van der Waals surface area contributed by atoms with E-state index in [4.69, 9.17) is 28.3 Å². The van der Waals surface area contributed by atoms with Gasteiger partial charge in [-0.05, 0) is 0 Å². The first-order chi connectivity index (χ1) is 4.20. The predicted octanol–water partition coefficient (Wildman–Crippen LogP) is 1.47. The fourth-order valence-corrected chi connectivity index (χ4v) is 0.417. The van der Waals surface area contributed by atoms with E-state index in [-0.39, 0.29) is 23.3 Å². The van der Waals surface area contributed by atoms with Gasteiger partial charge in [0, 0.05) is 6.08 Å². The number of aliphatic hydroxyl groups is 1. The van der Waals surface area contributed by atoms with Crippen LogP contribution in [0.25, 0.3) is 0 Å². The van der Waals surface area contributed by atoms with E-state index in [1.54, 1.807) is 0 Å². The summed E-state index contributed by atoms with van der Waals surface area (Å²) in [6.45, 7) is 0. The van der Waals surface area contributed by atoms with Crippen LogP contribution in [-0.2, 0) is 4.79 Å². The van der Waals surface area contributed by atoms with Crippen molar-refractivity contribution in [1.29, 1.82) is 0 Å². The van der Waals surface area contributed by atoms with Crippen LogP contribution in [0.15, 0.2) is 11.8 Å². The number of halogens is 2. The highest BCUT2D eigenvalue weighted by Gasteiger charge is 1.95. The molecule has 52 valence electrons. The molecule has 0 spiro atoms. The maximum Gasteiger partial charge on any atom is 0.173 e. The van der Waals surface area contributed by atoms with Crippen molar-refractivity contribution in [2.24, 2.45) is 0 Å². The molecule has 0 bridgehead atoms. The van der Waals surface area contributed by atoms with Crippen LogP contribution in [0.5, 0.6) is 0 Å². The van der Waals surface area contributed by atoms with Crippen molar-refractivity contribution in [2.45, 2.75) is 0 Å². The van der Waals surface area contributed by atoms with Crippen molar-refractivity contribution in [3.63, 3.8) is 0 Å². The molecule has 0 aromatic carbocycles. The van der Waals surface area contributed by atoms with Gasteiger partial charge in [0.05, 0.1) is 11.8 Å². The predicted molar refractivity (Wildman–Crippen MR) is 37.2 cm³/mol. The summed E-state index contributed by atoms with van der Waals surface area (Å²) in [5.74, 6) is -0.666. The molecular formula is C5H6Cl2O2. The second-order valence-corrected chi connectivity index (χ2v) is 1.90. The van der Waals surface area contributed by atoms with E-state index < -0.39 is 0 Å². The second kappa shape index (κ2) is 4.65. The average Bonchev–Trinajstić information content (AvgIpc) is 1.87. The average molecular weight is 169 g/mol. The first-order valence-corrected chi connectivity index (χ1v) is 3.32. The monoisotopic (exact) mass is 168 g/mol. The molecule has 0 aromatic rings. The molecule has 9 heavy (non-hydrogen) atoms. The van der Waals surface area contributed by atoms with Gasteiger partial charge in [-0.25, -0.2) is 0 Å². The lowest BCUT2D eigenvalue weighted by Gasteiger charge is -1.88. The van der Waals surface area contributed by atoms with E-state index in [1.807, 2.05) is 0 Å². The molecule has 0 aromatic heterocycles. The summed E-state index contributed by atoms with van der Waals surface area (Å²) in [6.07, 6.45) is 1.01. The molecule has 0 atom stereocenters. The maximum atomic E-state index is 10.4. The van der Waals surface area contributed by atoms with Gasteiger partial charge in [0.2, 0.25) is 0 Å². The summed E-state index contributed by atoms with van der Waals surface area (Å²) in [4.78, 5) is 10.4. The van der Waals surface area contributed by atoms with Gasteiger partial charge in [-0.2, -0.15) is 0 Å². The van der Waals surface area contributed by atoms with Crippen LogP contribution in [-0.4, -0.2) is 22.6 Å². The van der Waals surface area contributed by atoms with Crippen molar-refractivity contribution in [3.8, 4) is 0 Å². The van der Waals surface area contributed by atoms with Crippen LogP contribution in [0.2, 0.25) is 0 Å². The molecule has 0 saturated carbocycles. The van der Waals surface area contributed by atoms with Gasteiger partial charge in [0.1, 0.15) is 5.76 Å². The smallest absolute Gasteiger partial charge is 0.173 e. The van der Waals surface area contributed by atoms with Gasteiger partial charge in [0.25, 0.3) is 0 Å². The topological polar surface area (TPSA) is 37.3 Å². The zero-order valence-electron chi connectivity index (χ0n) is 4.60. The Morgan fingerprint density at radius 2 is 2.00 bits per heavy atom. The highest BCUT2D eigenvalue weighted by Crippen LogP contribution is 1.92. The third kappa shape index (κ3) is 4.30. The lowest BCUT2D eigenvalue weighted by molar-refractivity contribution is -0.112. The number of alkyl halides is 2. The van der Waals surface area contributed by atoms with Crippen molar-refractivity contribution in [1.82, 2.24) is 0 Å². The first kappa shape index (κ1) is 8.79. The summed E-state index contributed by atoms with van der Waals surface area (Å²) >= 11 is 10.2. The van der Waals surface area contributed by atoms with Crippen LogP contribution >= 0.6 is 23.2 Å². The quantitative estimate of drug-likeness (QED) is 0.394. The number of hydrogen-bond acceptors (Lipinski definition) is 2. The lowest BCUT2D eigenvalue weighted by atomic mass is 10.4. The van der Waals surface area contributed by atoms with Crippen molar-refractivity contribution in [3.05, 3.63) is 11.8 Å². The molecule has 0 rings (SSSR count). The highest BCUT2D eigenvalue weighted by molar-refractivity contribution is 6.29. The number of hydrogen-bond donors (Lipinski definition) is 1. The van der Waals surface area contributed by atoms with Gasteiger partial charge in [-0.15, -0.1) is 23.2 Å². The molecule has 0 radical (unpaired) electrons. The molecule has 0 heterocycles. The van der Waals surface area contributed by atoms with Gasteiger partial charge in [-0.1, -0.05) is 0 Å². The number of carbonyl (C=O) groups excluding carboxylic acids is 1. The molecule has 2 nitrogen and oxygen atoms in total. The second-order valence-electron chi connectivity index (χ2n) is 1.37. The molecule has 0 aliphatic rings. The zero-order valence-corrected chi connectivity index (χ0v) is 6.11. The van der Waals surface area contributed by atoms with Gasteiger partial charge < -0.3 is 5.11 Å². The Morgan fingerprint density at radius 1 is 1.44 bits per heavy atom. The molecule has 0 aliphatic heterocycles. The van der Waals surface area contributed by atoms with Gasteiger partial charge in [-0.3, -0.25) is 4.79 Å². The van der Waals surface area contributed by atoms with E-state index in [1.165, 1.54) is 0 Å². The molecule has 0 amide bonds. The standard InChI is InChI=1S/C5H6Cl2O2/c6-2-4(8)1-5(9)3-7/h1,8H,2-3H2. The number of rotatable bonds is 3. The molecule has 0 unspecified atom stereocenters. The Balaban J connectivity index is 3.79. The minimum atomic E-state index is -0.338. The van der Waals surface area contributed by atoms with Crippen LogP contribution in [0.4, 0.5) is 0 Å². The van der Waals surface area contributed by atoms with Crippen LogP contribution in [0, 0.1) is 0 Å². The fraction of sp³-hybridized carbons (Fsp3) is 0.400. The number of aliphatic hydroxyl groups excluding tert-OH is 1. The molecule has 0 saturated heterocycles. The van der Waals surface area contributed by atoms with Crippen LogP contribution < -0.4 is 0 Å². The minimum absolute atomic E-state index is 0.0529. The van der Waals surface area contributed by atoms with Gasteiger partial charge >= 0.3 is 0 Å². The Labute approximate surface area is 63.1 Å². The molecule has 4 heteroatoms. The van der Waals surface area contributed by atoms with E-state index in [2.05, 4.69) is 0 Å². The summed E-state index contributed by atoms with van der Waals surface area (Å²) in [5, 5.41) is 8.61. The number of ketones is 1. The summed E-state index contributed by atoms with van der Waals surface area (Å²) in [5.41, 5.74) is 0. The largest absolute Gasteiger partial charge is 0.511 e. The summed E-state index contributed by atoms with van der Waals surface area (Å²) in [7, 11) is 0. The summed E-state index contributed by atoms with van der Waals surface area (Å²) < 4.78 is 0. The maximum absolute atomic E-state index is 10.4. The molecule has 0 fully saturated rings.